The van der Waals surface area contributed by atoms with Crippen molar-refractivity contribution >= 4 is 31.8 Å². The molecule has 13 heteroatoms. The Morgan fingerprint density at radius 2 is 1.88 bits per heavy atom. The SMILES string of the molecule is COc1ccc(S(N)(=O)=O)c(CCCc2ccc(N3CC(=O)NS3(=O)=O)c(O)c2)c1OC. The van der Waals surface area contributed by atoms with Gasteiger partial charge in [-0.05, 0) is 49.1 Å². The van der Waals surface area contributed by atoms with Gasteiger partial charge in [-0.25, -0.2) is 22.6 Å². The van der Waals surface area contributed by atoms with Crippen molar-refractivity contribution in [1.82, 2.24) is 4.72 Å². The van der Waals surface area contributed by atoms with Gasteiger partial charge in [-0.3, -0.25) is 4.79 Å². The van der Waals surface area contributed by atoms with Gasteiger partial charge in [0.15, 0.2) is 11.5 Å². The third kappa shape index (κ3) is 4.74. The third-order valence-corrected chi connectivity index (χ3v) is 7.32. The highest BCUT2D eigenvalue weighted by atomic mass is 32.2. The summed E-state index contributed by atoms with van der Waals surface area (Å²) in [5.74, 6) is -0.348. The molecule has 4 N–H and O–H groups in total. The Morgan fingerprint density at radius 1 is 1.16 bits per heavy atom. The summed E-state index contributed by atoms with van der Waals surface area (Å²) in [6, 6.07) is 7.25. The molecule has 174 valence electrons. The van der Waals surface area contributed by atoms with Crippen LogP contribution >= 0.6 is 0 Å². The maximum absolute atomic E-state index is 12.0. The van der Waals surface area contributed by atoms with Crippen molar-refractivity contribution in [3.8, 4) is 17.2 Å². The van der Waals surface area contributed by atoms with E-state index in [2.05, 4.69) is 0 Å². The number of nitrogens with two attached hydrogens (primary N) is 1. The second kappa shape index (κ2) is 8.84. The molecule has 0 saturated carbocycles. The van der Waals surface area contributed by atoms with E-state index in [9.17, 15) is 26.7 Å². The van der Waals surface area contributed by atoms with Gasteiger partial charge in [0.2, 0.25) is 10.0 Å². The Balaban J connectivity index is 1.80. The van der Waals surface area contributed by atoms with Gasteiger partial charge in [0, 0.05) is 5.56 Å². The second-order valence-electron chi connectivity index (χ2n) is 7.04. The highest BCUT2D eigenvalue weighted by Crippen LogP contribution is 2.36. The zero-order valence-electron chi connectivity index (χ0n) is 17.4. The molecule has 0 radical (unpaired) electrons. The zero-order valence-corrected chi connectivity index (χ0v) is 19.0. The summed E-state index contributed by atoms with van der Waals surface area (Å²) in [6.45, 7) is -0.415. The molecule has 2 aromatic carbocycles. The van der Waals surface area contributed by atoms with E-state index in [0.29, 0.717) is 29.7 Å². The predicted molar refractivity (Wildman–Crippen MR) is 115 cm³/mol. The van der Waals surface area contributed by atoms with Crippen LogP contribution in [0.15, 0.2) is 35.2 Å². The number of ether oxygens (including phenoxy) is 2. The molecule has 1 aliphatic rings. The Bertz CT molecular complexity index is 1260. The number of nitrogens with zero attached hydrogens (tertiary/aromatic N) is 1. The summed E-state index contributed by atoms with van der Waals surface area (Å²) >= 11 is 0. The smallest absolute Gasteiger partial charge is 0.326 e. The van der Waals surface area contributed by atoms with Crippen LogP contribution in [-0.2, 0) is 37.9 Å². The van der Waals surface area contributed by atoms with Gasteiger partial charge in [0.25, 0.3) is 5.91 Å². The Morgan fingerprint density at radius 3 is 2.41 bits per heavy atom. The van der Waals surface area contributed by atoms with E-state index in [1.54, 1.807) is 6.07 Å². The maximum atomic E-state index is 12.0. The van der Waals surface area contributed by atoms with Crippen molar-refractivity contribution in [1.29, 1.82) is 0 Å². The summed E-state index contributed by atoms with van der Waals surface area (Å²) in [6.07, 6.45) is 1.18. The van der Waals surface area contributed by atoms with Crippen LogP contribution in [0.2, 0.25) is 0 Å². The van der Waals surface area contributed by atoms with E-state index in [1.165, 1.54) is 38.5 Å². The van der Waals surface area contributed by atoms with Crippen molar-refractivity contribution in [3.63, 3.8) is 0 Å². The zero-order chi connectivity index (χ0) is 23.7. The van der Waals surface area contributed by atoms with Crippen LogP contribution in [0, 0.1) is 0 Å². The van der Waals surface area contributed by atoms with Crippen LogP contribution < -0.4 is 23.6 Å². The molecule has 1 fully saturated rings. The topological polar surface area (TPSA) is 165 Å². The number of rotatable bonds is 8. The Labute approximate surface area is 186 Å². The van der Waals surface area contributed by atoms with Crippen LogP contribution in [0.25, 0.3) is 0 Å². The monoisotopic (exact) mass is 485 g/mol. The molecule has 0 aliphatic carbocycles. The quantitative estimate of drug-likeness (QED) is 0.484. The van der Waals surface area contributed by atoms with Crippen molar-refractivity contribution in [2.24, 2.45) is 5.14 Å². The lowest BCUT2D eigenvalue weighted by molar-refractivity contribution is -0.117. The molecule has 1 saturated heterocycles. The van der Waals surface area contributed by atoms with Gasteiger partial charge < -0.3 is 14.6 Å². The van der Waals surface area contributed by atoms with E-state index in [-0.39, 0.29) is 28.5 Å². The van der Waals surface area contributed by atoms with Gasteiger partial charge in [0.1, 0.15) is 12.3 Å². The molecule has 32 heavy (non-hydrogen) atoms. The Kier molecular flexibility index (Phi) is 6.53. The van der Waals surface area contributed by atoms with Crippen LogP contribution in [0.1, 0.15) is 17.5 Å². The number of anilines is 1. The molecule has 0 bridgehead atoms. The first-order valence-corrected chi connectivity index (χ1v) is 12.4. The number of aryl methyl sites for hydroxylation is 1. The highest BCUT2D eigenvalue weighted by molar-refractivity contribution is 7.92. The number of sulfonamides is 1. The first-order valence-electron chi connectivity index (χ1n) is 9.39. The summed E-state index contributed by atoms with van der Waals surface area (Å²) in [5.41, 5.74) is 1.04. The maximum Gasteiger partial charge on any atom is 0.326 e. The van der Waals surface area contributed by atoms with Crippen LogP contribution in [0.5, 0.6) is 17.2 Å². The first kappa shape index (κ1) is 23.6. The number of carbonyl (C=O) groups is 1. The number of primary sulfonamides is 1. The first-order chi connectivity index (χ1) is 15.0. The number of phenols is 1. The highest BCUT2D eigenvalue weighted by Gasteiger charge is 2.35. The van der Waals surface area contributed by atoms with Crippen LogP contribution in [-0.4, -0.2) is 48.6 Å². The molecular weight excluding hydrogens is 462 g/mol. The number of nitrogens with one attached hydrogen (secondary N) is 1. The van der Waals surface area contributed by atoms with Crippen molar-refractivity contribution in [3.05, 3.63) is 41.5 Å². The second-order valence-corrected chi connectivity index (χ2v) is 10.2. The number of aromatic hydroxyl groups is 1. The van der Waals surface area contributed by atoms with Crippen LogP contribution in [0.3, 0.4) is 0 Å². The van der Waals surface area contributed by atoms with Crippen molar-refractivity contribution in [2.75, 3.05) is 25.1 Å². The molecule has 0 unspecified atom stereocenters. The Hall–Kier alpha value is -3.03. The lowest BCUT2D eigenvalue weighted by atomic mass is 10.0. The fourth-order valence-corrected chi connectivity index (χ4v) is 5.50. The minimum Gasteiger partial charge on any atom is -0.506 e. The number of methoxy groups -OCH3 is 2. The van der Waals surface area contributed by atoms with Gasteiger partial charge in [0.05, 0.1) is 24.8 Å². The molecule has 0 atom stereocenters. The largest absolute Gasteiger partial charge is 0.506 e. The fourth-order valence-electron chi connectivity index (χ4n) is 3.54. The van der Waals surface area contributed by atoms with Crippen LogP contribution in [0.4, 0.5) is 5.69 Å². The number of carbonyl (C=O) groups excluding carboxylic acids is 1. The third-order valence-electron chi connectivity index (χ3n) is 4.93. The minimum atomic E-state index is -4.03. The van der Waals surface area contributed by atoms with E-state index in [4.69, 9.17) is 14.6 Å². The molecule has 1 aliphatic heterocycles. The van der Waals surface area contributed by atoms with Gasteiger partial charge in [-0.2, -0.15) is 8.42 Å². The fraction of sp³-hybridized carbons (Fsp3) is 0.316. The summed E-state index contributed by atoms with van der Waals surface area (Å²) in [7, 11) is -5.19. The predicted octanol–water partition coefficient (Wildman–Crippen LogP) is 0.413. The average Bonchev–Trinajstić information content (AvgIpc) is 2.98. The summed E-state index contributed by atoms with van der Waals surface area (Å²) in [4.78, 5) is 11.3. The van der Waals surface area contributed by atoms with E-state index in [1.807, 2.05) is 4.72 Å². The van der Waals surface area contributed by atoms with Gasteiger partial charge in [-0.1, -0.05) is 6.07 Å². The van der Waals surface area contributed by atoms with Gasteiger partial charge >= 0.3 is 10.2 Å². The lowest BCUT2D eigenvalue weighted by Gasteiger charge is -2.17. The molecule has 11 nitrogen and oxygen atoms in total. The van der Waals surface area contributed by atoms with E-state index >= 15 is 0 Å². The lowest BCUT2D eigenvalue weighted by Crippen LogP contribution is -2.29. The standard InChI is InChI=1S/C19H23N3O8S2/c1-29-16-8-9-17(31(20,25)26)13(19(16)30-2)5-3-4-12-6-7-14(15(23)10-12)22-11-18(24)21-32(22,27)28/h6-10,23H,3-5,11H2,1-2H3,(H,21,24)(H2,20,25,26). The molecule has 1 amide bonds. The molecule has 2 aromatic rings. The number of benzene rings is 2. The summed E-state index contributed by atoms with van der Waals surface area (Å²) < 4.78 is 61.1. The molecule has 0 aromatic heterocycles. The number of amides is 1. The molecule has 3 rings (SSSR count). The summed E-state index contributed by atoms with van der Waals surface area (Å²) in [5, 5.41) is 15.7. The molecule has 0 spiro atoms. The van der Waals surface area contributed by atoms with E-state index in [0.717, 1.165) is 4.31 Å². The average molecular weight is 486 g/mol. The van der Waals surface area contributed by atoms with Crippen molar-refractivity contribution in [2.45, 2.75) is 24.2 Å². The van der Waals surface area contributed by atoms with E-state index < -0.39 is 32.7 Å². The van der Waals surface area contributed by atoms with Crippen molar-refractivity contribution < 1.29 is 36.2 Å². The minimum absolute atomic E-state index is 0.0157. The molecular formula is C19H23N3O8S2. The number of hydrogen-bond acceptors (Lipinski definition) is 8. The normalized spacial score (nSPS) is 15.5. The number of hydrogen-bond donors (Lipinski definition) is 3. The van der Waals surface area contributed by atoms with Gasteiger partial charge in [-0.15, -0.1) is 0 Å². The molecule has 1 heterocycles. The number of phenolic OH excluding ortho intramolecular Hbond substituents is 1.